The Balaban J connectivity index is 1.67. The molecule has 6 nitrogen and oxygen atoms in total. The molecule has 0 aromatic heterocycles. The minimum Gasteiger partial charge on any atom is -0.493 e. The fourth-order valence-electron chi connectivity index (χ4n) is 5.88. The van der Waals surface area contributed by atoms with E-state index < -0.39 is 0 Å². The van der Waals surface area contributed by atoms with Crippen LogP contribution in [-0.2, 0) is 5.41 Å². The average molecular weight is 622 g/mol. The van der Waals surface area contributed by atoms with Gasteiger partial charge in [0.1, 0.15) is 17.6 Å². The second kappa shape index (κ2) is 12.9. The minimum absolute atomic E-state index is 0.0547. The molecule has 1 saturated heterocycles. The summed E-state index contributed by atoms with van der Waals surface area (Å²) < 4.78 is 6.24. The summed E-state index contributed by atoms with van der Waals surface area (Å²) in [4.78, 5) is 26.3. The third-order valence-corrected chi connectivity index (χ3v) is 8.90. The number of amidine groups is 1. The van der Waals surface area contributed by atoms with Gasteiger partial charge in [-0.15, -0.1) is 0 Å². The van der Waals surface area contributed by atoms with E-state index in [1.807, 2.05) is 65.3 Å². The lowest BCUT2D eigenvalue weighted by Gasteiger charge is -2.40. The normalized spacial score (nSPS) is 19.6. The highest BCUT2D eigenvalue weighted by Crippen LogP contribution is 2.46. The number of amides is 2. The van der Waals surface area contributed by atoms with Crippen LogP contribution in [0.15, 0.2) is 71.7 Å². The summed E-state index contributed by atoms with van der Waals surface area (Å²) in [6.07, 6.45) is 0. The molecule has 2 aliphatic heterocycles. The van der Waals surface area contributed by atoms with Gasteiger partial charge in [-0.05, 0) is 79.3 Å². The number of aliphatic imine (C=N–C) groups is 1. The molecule has 0 bridgehead atoms. The van der Waals surface area contributed by atoms with Crippen molar-refractivity contribution in [2.24, 2.45) is 4.99 Å². The first kappa shape index (κ1) is 31.4. The Morgan fingerprint density at radius 1 is 0.907 bits per heavy atom. The molecule has 228 valence electrons. The highest BCUT2D eigenvalue weighted by molar-refractivity contribution is 6.30. The standard InChI is InChI=1S/C35H42Cl2N4O2/c1-7-43-30-22-26(35(4,5)6)12-17-29(30)33-38-31(24-8-13-27(36)14-9-24)32(25-10-15-28(37)16-11-25)41(33)34(42)40-20-18-39(19-21-40)23(2)3/h8-17,22-23,31-32H,7,18-21H2,1-6H3. The van der Waals surface area contributed by atoms with Crippen LogP contribution in [-0.4, -0.2) is 65.4 Å². The van der Waals surface area contributed by atoms with E-state index in [0.717, 1.165) is 41.1 Å². The lowest BCUT2D eigenvalue weighted by molar-refractivity contribution is 0.104. The van der Waals surface area contributed by atoms with E-state index in [0.29, 0.717) is 41.6 Å². The summed E-state index contributed by atoms with van der Waals surface area (Å²) >= 11 is 12.6. The summed E-state index contributed by atoms with van der Waals surface area (Å²) in [5.74, 6) is 1.34. The predicted molar refractivity (Wildman–Crippen MR) is 177 cm³/mol. The Bertz CT molecular complexity index is 1460. The monoisotopic (exact) mass is 620 g/mol. The Kier molecular flexibility index (Phi) is 9.40. The molecule has 2 unspecified atom stereocenters. The molecule has 3 aromatic rings. The molecular formula is C35H42Cl2N4O2. The number of halogens is 2. The molecule has 3 aromatic carbocycles. The van der Waals surface area contributed by atoms with Gasteiger partial charge in [-0.2, -0.15) is 0 Å². The molecule has 0 N–H and O–H groups in total. The van der Waals surface area contributed by atoms with Gasteiger partial charge >= 0.3 is 6.03 Å². The highest BCUT2D eigenvalue weighted by Gasteiger charge is 2.45. The van der Waals surface area contributed by atoms with E-state index in [-0.39, 0.29) is 23.5 Å². The Morgan fingerprint density at radius 3 is 2.02 bits per heavy atom. The lowest BCUT2D eigenvalue weighted by Crippen LogP contribution is -2.55. The van der Waals surface area contributed by atoms with Gasteiger partial charge in [-0.25, -0.2) is 4.79 Å². The molecule has 2 atom stereocenters. The van der Waals surface area contributed by atoms with Crippen LogP contribution in [0, 0.1) is 0 Å². The quantitative estimate of drug-likeness (QED) is 0.278. The Labute approximate surface area is 266 Å². The Hall–Kier alpha value is -3.06. The molecule has 43 heavy (non-hydrogen) atoms. The molecule has 8 heteroatoms. The van der Waals surface area contributed by atoms with Gasteiger partial charge in [0.05, 0.1) is 18.2 Å². The van der Waals surface area contributed by atoms with Crippen LogP contribution < -0.4 is 4.74 Å². The lowest BCUT2D eigenvalue weighted by atomic mass is 9.86. The van der Waals surface area contributed by atoms with Crippen molar-refractivity contribution in [3.8, 4) is 5.75 Å². The van der Waals surface area contributed by atoms with Crippen LogP contribution in [0.5, 0.6) is 5.75 Å². The molecule has 1 fully saturated rings. The number of carbonyl (C=O) groups is 1. The largest absolute Gasteiger partial charge is 0.493 e. The number of piperazine rings is 1. The van der Waals surface area contributed by atoms with Gasteiger partial charge in [0.15, 0.2) is 0 Å². The molecule has 0 aliphatic carbocycles. The maximum Gasteiger partial charge on any atom is 0.326 e. The van der Waals surface area contributed by atoms with Crippen molar-refractivity contribution in [1.82, 2.24) is 14.7 Å². The van der Waals surface area contributed by atoms with Crippen LogP contribution in [0.4, 0.5) is 4.79 Å². The Morgan fingerprint density at radius 2 is 1.49 bits per heavy atom. The average Bonchev–Trinajstić information content (AvgIpc) is 3.37. The van der Waals surface area contributed by atoms with Gasteiger partial charge in [0.2, 0.25) is 0 Å². The first-order valence-electron chi connectivity index (χ1n) is 15.2. The van der Waals surface area contributed by atoms with E-state index in [1.54, 1.807) is 0 Å². The zero-order valence-corrected chi connectivity index (χ0v) is 27.5. The van der Waals surface area contributed by atoms with Crippen LogP contribution >= 0.6 is 23.2 Å². The molecule has 2 amide bonds. The fourth-order valence-corrected chi connectivity index (χ4v) is 6.14. The third kappa shape index (κ3) is 6.72. The van der Waals surface area contributed by atoms with E-state index in [4.69, 9.17) is 32.9 Å². The summed E-state index contributed by atoms with van der Waals surface area (Å²) in [5.41, 5.74) is 3.84. The van der Waals surface area contributed by atoms with Crippen LogP contribution in [0.25, 0.3) is 0 Å². The van der Waals surface area contributed by atoms with Crippen LogP contribution in [0.3, 0.4) is 0 Å². The van der Waals surface area contributed by atoms with Crippen molar-refractivity contribution < 1.29 is 9.53 Å². The second-order valence-corrected chi connectivity index (χ2v) is 13.5. The zero-order valence-electron chi connectivity index (χ0n) is 26.0. The maximum atomic E-state index is 14.7. The number of benzene rings is 3. The molecule has 0 saturated carbocycles. The summed E-state index contributed by atoms with van der Waals surface area (Å²) in [6.45, 7) is 16.4. The third-order valence-electron chi connectivity index (χ3n) is 8.40. The number of hydrogen-bond donors (Lipinski definition) is 0. The zero-order chi connectivity index (χ0) is 30.9. The smallest absolute Gasteiger partial charge is 0.326 e. The SMILES string of the molecule is CCOc1cc(C(C)(C)C)ccc1C1=NC(c2ccc(Cl)cc2)C(c2ccc(Cl)cc2)N1C(=O)N1CCN(C(C)C)CC1. The predicted octanol–water partition coefficient (Wildman–Crippen LogP) is 8.38. The molecule has 2 heterocycles. The minimum atomic E-state index is -0.388. The van der Waals surface area contributed by atoms with E-state index >= 15 is 0 Å². The first-order chi connectivity index (χ1) is 20.5. The number of rotatable bonds is 6. The van der Waals surface area contributed by atoms with Gasteiger partial charge in [-0.3, -0.25) is 14.8 Å². The first-order valence-corrected chi connectivity index (χ1v) is 15.9. The number of urea groups is 1. The van der Waals surface area contributed by atoms with E-state index in [1.165, 1.54) is 0 Å². The molecule has 2 aliphatic rings. The molecule has 0 radical (unpaired) electrons. The van der Waals surface area contributed by atoms with Gasteiger partial charge in [0, 0.05) is 42.3 Å². The van der Waals surface area contributed by atoms with Gasteiger partial charge < -0.3 is 9.64 Å². The topological polar surface area (TPSA) is 48.4 Å². The molecule has 5 rings (SSSR count). The molecular weight excluding hydrogens is 579 g/mol. The maximum absolute atomic E-state index is 14.7. The van der Waals surface area contributed by atoms with Crippen molar-refractivity contribution in [1.29, 1.82) is 0 Å². The van der Waals surface area contributed by atoms with Crippen LogP contribution in [0.1, 0.15) is 75.9 Å². The summed E-state index contributed by atoms with van der Waals surface area (Å²) in [7, 11) is 0. The number of hydrogen-bond acceptors (Lipinski definition) is 4. The molecule has 0 spiro atoms. The van der Waals surface area contributed by atoms with E-state index in [9.17, 15) is 4.79 Å². The second-order valence-electron chi connectivity index (χ2n) is 12.6. The van der Waals surface area contributed by atoms with Gasteiger partial charge in [-0.1, -0.05) is 74.3 Å². The summed E-state index contributed by atoms with van der Waals surface area (Å²) in [5, 5.41) is 1.30. The van der Waals surface area contributed by atoms with Crippen molar-refractivity contribution in [3.05, 3.63) is 99.0 Å². The van der Waals surface area contributed by atoms with Crippen molar-refractivity contribution in [2.45, 2.75) is 65.1 Å². The fraction of sp³-hybridized carbons (Fsp3) is 0.429. The van der Waals surface area contributed by atoms with Crippen molar-refractivity contribution in [2.75, 3.05) is 32.8 Å². The number of ether oxygens (including phenoxy) is 1. The van der Waals surface area contributed by atoms with Gasteiger partial charge in [0.25, 0.3) is 0 Å². The highest BCUT2D eigenvalue weighted by atomic mass is 35.5. The number of carbonyl (C=O) groups excluding carboxylic acids is 1. The summed E-state index contributed by atoms with van der Waals surface area (Å²) in [6, 6.07) is 21.4. The van der Waals surface area contributed by atoms with Crippen LogP contribution in [0.2, 0.25) is 10.0 Å². The number of nitrogens with zero attached hydrogens (tertiary/aromatic N) is 4. The van der Waals surface area contributed by atoms with Crippen molar-refractivity contribution >= 4 is 35.1 Å². The van der Waals surface area contributed by atoms with Crippen molar-refractivity contribution in [3.63, 3.8) is 0 Å². The van der Waals surface area contributed by atoms with E-state index in [2.05, 4.69) is 57.7 Å².